The number of nitrogens with one attached hydrogen (secondary N) is 1. The summed E-state index contributed by atoms with van der Waals surface area (Å²) >= 11 is 0. The highest BCUT2D eigenvalue weighted by atomic mass is 31.2. The van der Waals surface area contributed by atoms with E-state index < -0.39 is 7.52 Å². The molecule has 0 radical (unpaired) electrons. The average Bonchev–Trinajstić information content (AvgIpc) is 2.39. The van der Waals surface area contributed by atoms with E-state index in [0.717, 1.165) is 6.42 Å². The molecule has 46 valence electrons. The molecule has 0 spiro atoms. The summed E-state index contributed by atoms with van der Waals surface area (Å²) < 4.78 is 15.3. The summed E-state index contributed by atoms with van der Waals surface area (Å²) in [5.41, 5.74) is 0. The third-order valence-corrected chi connectivity index (χ3v) is 3.24. The Morgan fingerprint density at radius 2 is 2.62 bits per heavy atom. The van der Waals surface area contributed by atoms with Gasteiger partial charge in [-0.25, -0.2) is 9.97 Å². The van der Waals surface area contributed by atoms with Gasteiger partial charge in [0, 0.05) is 6.42 Å². The van der Waals surface area contributed by atoms with E-state index in [9.17, 15) is 4.57 Å². The first-order valence-electron chi connectivity index (χ1n) is 2.50. The second kappa shape index (κ2) is 1.33. The van der Waals surface area contributed by atoms with E-state index in [1.165, 1.54) is 0 Å². The summed E-state index contributed by atoms with van der Waals surface area (Å²) in [6, 6.07) is 0. The van der Waals surface area contributed by atoms with Crippen LogP contribution in [0.5, 0.6) is 0 Å². The van der Waals surface area contributed by atoms with Crippen LogP contribution in [0.2, 0.25) is 0 Å². The largest absolute Gasteiger partial charge is 0.316 e. The Morgan fingerprint density at radius 1 is 1.75 bits per heavy atom. The topological polar surface area (TPSA) is 57.5 Å². The molecule has 2 fully saturated rings. The second-order valence-electron chi connectivity index (χ2n) is 1.93. The van der Waals surface area contributed by atoms with Crippen LogP contribution in [0.4, 0.5) is 0 Å². The molecule has 2 aliphatic rings. The molecule has 0 amide bonds. The zero-order valence-corrected chi connectivity index (χ0v) is 5.06. The maximum absolute atomic E-state index is 10.8. The molecule has 5 heteroatoms. The summed E-state index contributed by atoms with van der Waals surface area (Å²) in [6.07, 6.45) is 0.817. The summed E-state index contributed by atoms with van der Waals surface area (Å²) in [4.78, 5) is 4.50. The van der Waals surface area contributed by atoms with Gasteiger partial charge in [0.15, 0.2) is 0 Å². The molecule has 2 atom stereocenters. The van der Waals surface area contributed by atoms with E-state index in [2.05, 4.69) is 14.6 Å². The third-order valence-electron chi connectivity index (χ3n) is 1.31. The van der Waals surface area contributed by atoms with E-state index >= 15 is 0 Å². The van der Waals surface area contributed by atoms with Gasteiger partial charge in [0.1, 0.15) is 5.78 Å². The molecule has 2 rings (SSSR count). The quantitative estimate of drug-likeness (QED) is 0.298. The Balaban J connectivity index is 2.15. The Hall–Kier alpha value is 0.110. The second-order valence-corrected chi connectivity index (χ2v) is 4.15. The Morgan fingerprint density at radius 3 is 3.12 bits per heavy atom. The van der Waals surface area contributed by atoms with E-state index in [1.807, 2.05) is 0 Å². The van der Waals surface area contributed by atoms with Gasteiger partial charge in [-0.1, -0.05) is 0 Å². The van der Waals surface area contributed by atoms with E-state index in [0.29, 0.717) is 6.61 Å². The van der Waals surface area contributed by atoms with Gasteiger partial charge >= 0.3 is 7.52 Å². The van der Waals surface area contributed by atoms with Crippen LogP contribution in [0.15, 0.2) is 0 Å². The minimum atomic E-state index is -2.39. The molecule has 2 aliphatic heterocycles. The first-order valence-corrected chi connectivity index (χ1v) is 4.19. The number of rotatable bonds is 0. The summed E-state index contributed by atoms with van der Waals surface area (Å²) in [5, 5.41) is 2.72. The molecule has 0 saturated carbocycles. The minimum Gasteiger partial charge on any atom is -0.271 e. The van der Waals surface area contributed by atoms with Crippen molar-refractivity contribution in [3.8, 4) is 0 Å². The zero-order chi connectivity index (χ0) is 5.61. The van der Waals surface area contributed by atoms with Crippen molar-refractivity contribution >= 4 is 7.52 Å². The summed E-state index contributed by atoms with van der Waals surface area (Å²) in [7, 11) is -2.39. The van der Waals surface area contributed by atoms with Crippen molar-refractivity contribution in [1.29, 1.82) is 0 Å². The fraction of sp³-hybridized carbons (Fsp3) is 1.00. The van der Waals surface area contributed by atoms with Gasteiger partial charge in [-0.05, 0) is 0 Å². The molecule has 0 aromatic carbocycles. The lowest BCUT2D eigenvalue weighted by atomic mass is 10.5. The van der Waals surface area contributed by atoms with E-state index in [1.54, 1.807) is 0 Å². The Labute approximate surface area is 46.6 Å². The zero-order valence-electron chi connectivity index (χ0n) is 4.16. The van der Waals surface area contributed by atoms with Crippen LogP contribution >= 0.6 is 7.52 Å². The van der Waals surface area contributed by atoms with E-state index in [4.69, 9.17) is 0 Å². The monoisotopic (exact) mass is 135 g/mol. The summed E-state index contributed by atoms with van der Waals surface area (Å²) in [6.45, 7) is 0.557. The lowest BCUT2D eigenvalue weighted by Gasteiger charge is -2.04. The number of hydrogen-bond donors (Lipinski definition) is 1. The van der Waals surface area contributed by atoms with E-state index in [-0.39, 0.29) is 5.78 Å². The smallest absolute Gasteiger partial charge is 0.271 e. The molecule has 2 saturated heterocycles. The normalized spacial score (nSPS) is 52.8. The lowest BCUT2D eigenvalue weighted by molar-refractivity contribution is -0.209. The minimum absolute atomic E-state index is 0.108. The molecule has 8 heavy (non-hydrogen) atoms. The van der Waals surface area contributed by atoms with Gasteiger partial charge < -0.3 is 0 Å². The number of fused-ring (bicyclic) bond motifs is 1. The fourth-order valence-corrected chi connectivity index (χ4v) is 2.34. The molecule has 2 unspecified atom stereocenters. The summed E-state index contributed by atoms with van der Waals surface area (Å²) in [5.74, 6) is 0.108. The van der Waals surface area contributed by atoms with Gasteiger partial charge in [0.25, 0.3) is 0 Å². The van der Waals surface area contributed by atoms with Crippen LogP contribution in [0, 0.1) is 0 Å². The van der Waals surface area contributed by atoms with Crippen molar-refractivity contribution in [2.24, 2.45) is 0 Å². The highest BCUT2D eigenvalue weighted by Crippen LogP contribution is 2.64. The van der Waals surface area contributed by atoms with Gasteiger partial charge in [0.05, 0.1) is 6.61 Å². The van der Waals surface area contributed by atoms with Crippen LogP contribution in [0.25, 0.3) is 0 Å². The van der Waals surface area contributed by atoms with Crippen LogP contribution in [0.1, 0.15) is 6.42 Å². The van der Waals surface area contributed by atoms with Crippen molar-refractivity contribution < 1.29 is 14.1 Å². The van der Waals surface area contributed by atoms with Crippen molar-refractivity contribution in [2.45, 2.75) is 12.2 Å². The molecular formula is C3H6NO3P. The van der Waals surface area contributed by atoms with Crippen LogP contribution in [0.3, 0.4) is 0 Å². The van der Waals surface area contributed by atoms with Gasteiger partial charge in [0.2, 0.25) is 0 Å². The fourth-order valence-electron chi connectivity index (χ4n) is 0.758. The van der Waals surface area contributed by atoms with Crippen LogP contribution in [-0.4, -0.2) is 12.4 Å². The Kier molecular flexibility index (Phi) is 0.823. The van der Waals surface area contributed by atoms with Crippen LogP contribution in [-0.2, 0) is 14.1 Å². The standard InChI is InChI=1S/C3H6NO3P/c5-8-3(4-8)1-2-6-7-8/h3H,1-2H2,(H,4,5). The van der Waals surface area contributed by atoms with Crippen molar-refractivity contribution in [3.63, 3.8) is 0 Å². The highest BCUT2D eigenvalue weighted by molar-refractivity contribution is 7.64. The molecular weight excluding hydrogens is 129 g/mol. The SMILES string of the molecule is O=P12NC1CCOO2. The van der Waals surface area contributed by atoms with Crippen LogP contribution < -0.4 is 5.09 Å². The third kappa shape index (κ3) is 0.545. The maximum atomic E-state index is 10.8. The van der Waals surface area contributed by atoms with Crippen molar-refractivity contribution in [2.75, 3.05) is 6.61 Å². The van der Waals surface area contributed by atoms with Gasteiger partial charge in [-0.2, -0.15) is 4.67 Å². The predicted molar refractivity (Wildman–Crippen MR) is 26.2 cm³/mol. The molecule has 1 N–H and O–H groups in total. The first kappa shape index (κ1) is 4.94. The maximum Gasteiger partial charge on any atom is 0.316 e. The average molecular weight is 135 g/mol. The number of hydrogen-bond acceptors (Lipinski definition) is 3. The van der Waals surface area contributed by atoms with Gasteiger partial charge in [-0.15, -0.1) is 0 Å². The molecule has 0 bridgehead atoms. The van der Waals surface area contributed by atoms with Crippen molar-refractivity contribution in [1.82, 2.24) is 5.09 Å². The predicted octanol–water partition coefficient (Wildman–Crippen LogP) is 0.461. The molecule has 0 aromatic heterocycles. The molecule has 2 heterocycles. The molecule has 0 aliphatic carbocycles. The first-order chi connectivity index (χ1) is 3.81. The Bertz CT molecular complexity index is 159. The highest BCUT2D eigenvalue weighted by Gasteiger charge is 2.54. The van der Waals surface area contributed by atoms with Gasteiger partial charge in [-0.3, -0.25) is 4.57 Å². The van der Waals surface area contributed by atoms with Crippen molar-refractivity contribution in [3.05, 3.63) is 0 Å². The molecule has 4 nitrogen and oxygen atoms in total. The lowest BCUT2D eigenvalue weighted by Crippen LogP contribution is -2.01. The molecule has 0 aromatic rings.